The number of methoxy groups -OCH3 is 1. The molecule has 0 radical (unpaired) electrons. The lowest BCUT2D eigenvalue weighted by atomic mass is 10.0. The van der Waals surface area contributed by atoms with Crippen LogP contribution < -0.4 is 4.74 Å². The van der Waals surface area contributed by atoms with Gasteiger partial charge in [0.2, 0.25) is 10.0 Å². The molecule has 1 heterocycles. The molecule has 0 amide bonds. The van der Waals surface area contributed by atoms with Gasteiger partial charge in [0.25, 0.3) is 0 Å². The molecule has 0 unspecified atom stereocenters. The lowest BCUT2D eigenvalue weighted by molar-refractivity contribution is 0.0620. The molecular weight excluding hydrogens is 302 g/mol. The highest BCUT2D eigenvalue weighted by Gasteiger charge is 2.28. The van der Waals surface area contributed by atoms with Gasteiger partial charge in [-0.1, -0.05) is 0 Å². The van der Waals surface area contributed by atoms with Crippen molar-refractivity contribution in [2.24, 2.45) is 5.92 Å². The number of ether oxygens (including phenoxy) is 2. The van der Waals surface area contributed by atoms with Crippen LogP contribution in [0.1, 0.15) is 24.0 Å². The molecule has 0 saturated carbocycles. The number of rotatable bonds is 5. The van der Waals surface area contributed by atoms with Crippen LogP contribution >= 0.6 is 0 Å². The second-order valence-corrected chi connectivity index (χ2v) is 7.94. The van der Waals surface area contributed by atoms with Crippen LogP contribution in [-0.4, -0.2) is 46.6 Å². The molecule has 0 aromatic heterocycles. The molecule has 1 aromatic carbocycles. The maximum Gasteiger partial charge on any atom is 0.246 e. The predicted molar refractivity (Wildman–Crippen MR) is 85.8 cm³/mol. The van der Waals surface area contributed by atoms with Crippen LogP contribution in [-0.2, 0) is 14.8 Å². The van der Waals surface area contributed by atoms with Gasteiger partial charge >= 0.3 is 0 Å². The monoisotopic (exact) mass is 327 g/mol. The highest BCUT2D eigenvalue weighted by atomic mass is 32.2. The number of nitrogens with zero attached hydrogens (tertiary/aromatic N) is 1. The van der Waals surface area contributed by atoms with Crippen LogP contribution in [0.2, 0.25) is 0 Å². The van der Waals surface area contributed by atoms with Crippen molar-refractivity contribution in [2.75, 3.05) is 33.9 Å². The Morgan fingerprint density at radius 1 is 1.23 bits per heavy atom. The first kappa shape index (κ1) is 17.2. The maximum absolute atomic E-state index is 12.9. The Labute approximate surface area is 133 Å². The van der Waals surface area contributed by atoms with Crippen molar-refractivity contribution >= 4 is 10.0 Å². The van der Waals surface area contributed by atoms with Crippen LogP contribution in [0.5, 0.6) is 5.75 Å². The van der Waals surface area contributed by atoms with E-state index in [0.29, 0.717) is 31.4 Å². The fraction of sp³-hybridized carbons (Fsp3) is 0.625. The normalized spacial score (nSPS) is 17.0. The topological polar surface area (TPSA) is 55.8 Å². The molecule has 0 aliphatic carbocycles. The summed E-state index contributed by atoms with van der Waals surface area (Å²) in [6.45, 7) is 5.80. The molecule has 22 heavy (non-hydrogen) atoms. The van der Waals surface area contributed by atoms with Crippen molar-refractivity contribution in [2.45, 2.75) is 31.6 Å². The molecule has 1 aliphatic rings. The van der Waals surface area contributed by atoms with Gasteiger partial charge in [-0.15, -0.1) is 0 Å². The Balaban J connectivity index is 2.27. The van der Waals surface area contributed by atoms with Crippen molar-refractivity contribution in [3.63, 3.8) is 0 Å². The van der Waals surface area contributed by atoms with Crippen molar-refractivity contribution in [1.82, 2.24) is 4.31 Å². The number of hydrogen-bond donors (Lipinski definition) is 0. The van der Waals surface area contributed by atoms with E-state index in [1.165, 1.54) is 11.4 Å². The van der Waals surface area contributed by atoms with Gasteiger partial charge in [0, 0.05) is 26.8 Å². The molecule has 1 fully saturated rings. The quantitative estimate of drug-likeness (QED) is 0.833. The zero-order valence-electron chi connectivity index (χ0n) is 13.8. The summed E-state index contributed by atoms with van der Waals surface area (Å²) >= 11 is 0. The molecule has 2 rings (SSSR count). The first-order chi connectivity index (χ1) is 10.4. The summed E-state index contributed by atoms with van der Waals surface area (Å²) in [6, 6.07) is 3.48. The highest BCUT2D eigenvalue weighted by molar-refractivity contribution is 7.89. The summed E-state index contributed by atoms with van der Waals surface area (Å²) in [5.41, 5.74) is 1.96. The van der Waals surface area contributed by atoms with Crippen LogP contribution in [0.15, 0.2) is 17.0 Å². The predicted octanol–water partition coefficient (Wildman–Crippen LogP) is 2.36. The van der Waals surface area contributed by atoms with Crippen LogP contribution in [0.4, 0.5) is 0 Å². The van der Waals surface area contributed by atoms with Gasteiger partial charge in [-0.25, -0.2) is 12.7 Å². The Kier molecular flexibility index (Phi) is 5.47. The van der Waals surface area contributed by atoms with E-state index in [9.17, 15) is 8.42 Å². The van der Waals surface area contributed by atoms with E-state index in [1.807, 2.05) is 13.8 Å². The smallest absolute Gasteiger partial charge is 0.246 e. The minimum Gasteiger partial charge on any atom is -0.495 e. The average Bonchev–Trinajstić information content (AvgIpc) is 2.50. The van der Waals surface area contributed by atoms with E-state index in [-0.39, 0.29) is 4.90 Å². The Morgan fingerprint density at radius 2 is 1.82 bits per heavy atom. The number of hydrogen-bond acceptors (Lipinski definition) is 4. The van der Waals surface area contributed by atoms with Gasteiger partial charge in [-0.2, -0.15) is 0 Å². The summed E-state index contributed by atoms with van der Waals surface area (Å²) in [4.78, 5) is 0.243. The molecule has 0 spiro atoms. The molecule has 5 nitrogen and oxygen atoms in total. The van der Waals surface area contributed by atoms with Gasteiger partial charge < -0.3 is 9.47 Å². The van der Waals surface area contributed by atoms with Gasteiger partial charge in [0.15, 0.2) is 0 Å². The van der Waals surface area contributed by atoms with Crippen molar-refractivity contribution in [3.05, 3.63) is 23.3 Å². The SMILES string of the molecule is COc1cc(C)c(C)cc1S(=O)(=O)N(C)CC1CCOCC1. The molecule has 124 valence electrons. The van der Waals surface area contributed by atoms with E-state index < -0.39 is 10.0 Å². The van der Waals surface area contributed by atoms with E-state index in [0.717, 1.165) is 24.0 Å². The lowest BCUT2D eigenvalue weighted by Gasteiger charge is -2.27. The van der Waals surface area contributed by atoms with E-state index in [2.05, 4.69) is 0 Å². The van der Waals surface area contributed by atoms with Crippen LogP contribution in [0.25, 0.3) is 0 Å². The fourth-order valence-electron chi connectivity index (χ4n) is 2.68. The molecule has 1 saturated heterocycles. The van der Waals surface area contributed by atoms with Gasteiger partial charge in [-0.3, -0.25) is 0 Å². The van der Waals surface area contributed by atoms with E-state index >= 15 is 0 Å². The molecule has 0 bridgehead atoms. The summed E-state index contributed by atoms with van der Waals surface area (Å²) < 4.78 is 37.8. The first-order valence-corrected chi connectivity index (χ1v) is 8.99. The zero-order valence-corrected chi connectivity index (χ0v) is 14.6. The summed E-state index contributed by atoms with van der Waals surface area (Å²) in [7, 11) is -0.413. The average molecular weight is 327 g/mol. The Hall–Kier alpha value is -1.11. The number of benzene rings is 1. The third-order valence-corrected chi connectivity index (χ3v) is 6.17. The first-order valence-electron chi connectivity index (χ1n) is 7.55. The van der Waals surface area contributed by atoms with Crippen molar-refractivity contribution in [1.29, 1.82) is 0 Å². The third-order valence-electron chi connectivity index (χ3n) is 4.32. The molecule has 1 aromatic rings. The van der Waals surface area contributed by atoms with Crippen LogP contribution in [0.3, 0.4) is 0 Å². The van der Waals surface area contributed by atoms with Crippen molar-refractivity contribution < 1.29 is 17.9 Å². The summed E-state index contributed by atoms with van der Waals surface area (Å²) in [5.74, 6) is 0.757. The molecule has 6 heteroatoms. The largest absolute Gasteiger partial charge is 0.495 e. The van der Waals surface area contributed by atoms with E-state index in [4.69, 9.17) is 9.47 Å². The van der Waals surface area contributed by atoms with Gasteiger partial charge in [-0.05, 0) is 55.9 Å². The Bertz CT molecular complexity index is 621. The molecule has 0 N–H and O–H groups in total. The summed E-state index contributed by atoms with van der Waals surface area (Å²) in [5, 5.41) is 0. The summed E-state index contributed by atoms with van der Waals surface area (Å²) in [6.07, 6.45) is 1.81. The van der Waals surface area contributed by atoms with Gasteiger partial charge in [0.1, 0.15) is 10.6 Å². The molecular formula is C16H25NO4S. The molecule has 1 aliphatic heterocycles. The van der Waals surface area contributed by atoms with Crippen LogP contribution in [0, 0.1) is 19.8 Å². The number of sulfonamides is 1. The zero-order chi connectivity index (χ0) is 16.3. The third kappa shape index (κ3) is 3.62. The van der Waals surface area contributed by atoms with Crippen molar-refractivity contribution in [3.8, 4) is 5.75 Å². The second kappa shape index (κ2) is 6.98. The van der Waals surface area contributed by atoms with Gasteiger partial charge in [0.05, 0.1) is 7.11 Å². The van der Waals surface area contributed by atoms with E-state index in [1.54, 1.807) is 19.2 Å². The Morgan fingerprint density at radius 3 is 2.41 bits per heavy atom. The minimum absolute atomic E-state index is 0.243. The highest BCUT2D eigenvalue weighted by Crippen LogP contribution is 2.30. The standard InChI is InChI=1S/C16H25NO4S/c1-12-9-15(20-4)16(10-13(12)2)22(18,19)17(3)11-14-5-7-21-8-6-14/h9-10,14H,5-8,11H2,1-4H3. The number of aryl methyl sites for hydroxylation is 2. The molecule has 0 atom stereocenters. The maximum atomic E-state index is 12.9. The second-order valence-electron chi connectivity index (χ2n) is 5.93. The lowest BCUT2D eigenvalue weighted by Crippen LogP contribution is -2.34. The fourth-order valence-corrected chi connectivity index (χ4v) is 4.15. The minimum atomic E-state index is -3.55.